The van der Waals surface area contributed by atoms with Crippen LogP contribution in [0, 0.1) is 11.8 Å². The maximum absolute atomic E-state index is 6.39. The van der Waals surface area contributed by atoms with Crippen molar-refractivity contribution in [2.75, 3.05) is 19.5 Å². The highest BCUT2D eigenvalue weighted by Crippen LogP contribution is 2.39. The van der Waals surface area contributed by atoms with Gasteiger partial charge >= 0.3 is 0 Å². The van der Waals surface area contributed by atoms with Gasteiger partial charge in [-0.1, -0.05) is 38.3 Å². The van der Waals surface area contributed by atoms with E-state index in [0.717, 1.165) is 5.69 Å². The standard InChI is InChI=1S/C17H26ClNO2/c1-11(2)12-7-5-6-8-14(12)19-15-10-17(21-4)16(20-3)9-13(15)18/h9-12,14,19H,5-8H2,1-4H3. The molecule has 0 aromatic heterocycles. The van der Waals surface area contributed by atoms with Gasteiger partial charge in [-0.3, -0.25) is 0 Å². The van der Waals surface area contributed by atoms with E-state index < -0.39 is 0 Å². The second-order valence-corrected chi connectivity index (χ2v) is 6.54. The van der Waals surface area contributed by atoms with Gasteiger partial charge in [0.25, 0.3) is 0 Å². The molecule has 0 amide bonds. The molecule has 0 heterocycles. The third-order valence-electron chi connectivity index (χ3n) is 4.49. The zero-order valence-corrected chi connectivity index (χ0v) is 14.2. The van der Waals surface area contributed by atoms with E-state index in [4.69, 9.17) is 21.1 Å². The molecular formula is C17H26ClNO2. The number of ether oxygens (including phenoxy) is 2. The summed E-state index contributed by atoms with van der Waals surface area (Å²) in [6, 6.07) is 4.23. The number of halogens is 1. The van der Waals surface area contributed by atoms with Crippen LogP contribution in [-0.2, 0) is 0 Å². The first kappa shape index (κ1) is 16.3. The topological polar surface area (TPSA) is 30.5 Å². The van der Waals surface area contributed by atoms with Crippen molar-refractivity contribution in [1.29, 1.82) is 0 Å². The van der Waals surface area contributed by atoms with E-state index in [0.29, 0.717) is 34.4 Å². The normalized spacial score (nSPS) is 22.2. The highest BCUT2D eigenvalue weighted by Gasteiger charge is 2.28. The van der Waals surface area contributed by atoms with Crippen molar-refractivity contribution in [2.24, 2.45) is 11.8 Å². The Morgan fingerprint density at radius 1 is 1.10 bits per heavy atom. The maximum atomic E-state index is 6.39. The Bertz CT molecular complexity index is 476. The molecule has 0 saturated heterocycles. The fraction of sp³-hybridized carbons (Fsp3) is 0.647. The van der Waals surface area contributed by atoms with E-state index in [1.54, 1.807) is 14.2 Å². The lowest BCUT2D eigenvalue weighted by molar-refractivity contribution is 0.253. The fourth-order valence-corrected chi connectivity index (χ4v) is 3.51. The Morgan fingerprint density at radius 2 is 1.71 bits per heavy atom. The summed E-state index contributed by atoms with van der Waals surface area (Å²) in [4.78, 5) is 0. The van der Waals surface area contributed by atoms with E-state index >= 15 is 0 Å². The van der Waals surface area contributed by atoms with Gasteiger partial charge in [-0.05, 0) is 24.7 Å². The summed E-state index contributed by atoms with van der Waals surface area (Å²) in [5.74, 6) is 2.75. The van der Waals surface area contributed by atoms with Crippen molar-refractivity contribution < 1.29 is 9.47 Å². The van der Waals surface area contributed by atoms with Crippen molar-refractivity contribution in [1.82, 2.24) is 0 Å². The number of methoxy groups -OCH3 is 2. The maximum Gasteiger partial charge on any atom is 0.162 e. The molecule has 2 rings (SSSR count). The van der Waals surface area contributed by atoms with Crippen LogP contribution >= 0.6 is 11.6 Å². The molecule has 1 fully saturated rings. The molecule has 118 valence electrons. The number of rotatable bonds is 5. The van der Waals surface area contributed by atoms with Crippen molar-refractivity contribution in [3.05, 3.63) is 17.2 Å². The van der Waals surface area contributed by atoms with Crippen LogP contribution in [-0.4, -0.2) is 20.3 Å². The third-order valence-corrected chi connectivity index (χ3v) is 4.80. The van der Waals surface area contributed by atoms with Crippen LogP contribution in [0.4, 0.5) is 5.69 Å². The van der Waals surface area contributed by atoms with Crippen molar-refractivity contribution in [2.45, 2.75) is 45.6 Å². The van der Waals surface area contributed by atoms with E-state index in [9.17, 15) is 0 Å². The van der Waals surface area contributed by atoms with E-state index in [1.165, 1.54) is 25.7 Å². The Hall–Kier alpha value is -1.09. The highest BCUT2D eigenvalue weighted by atomic mass is 35.5. The molecule has 0 radical (unpaired) electrons. The Balaban J connectivity index is 2.21. The first-order valence-corrected chi connectivity index (χ1v) is 8.12. The molecule has 1 saturated carbocycles. The van der Waals surface area contributed by atoms with Crippen LogP contribution in [0.15, 0.2) is 12.1 Å². The summed E-state index contributed by atoms with van der Waals surface area (Å²) in [5.41, 5.74) is 0.937. The average Bonchev–Trinajstić information content (AvgIpc) is 2.49. The first-order chi connectivity index (χ1) is 10.1. The quantitative estimate of drug-likeness (QED) is 0.831. The molecular weight excluding hydrogens is 286 g/mol. The second kappa shape index (κ2) is 7.26. The van der Waals surface area contributed by atoms with Gasteiger partial charge in [-0.2, -0.15) is 0 Å². The smallest absolute Gasteiger partial charge is 0.162 e. The summed E-state index contributed by atoms with van der Waals surface area (Å²) in [6.07, 6.45) is 5.11. The third kappa shape index (κ3) is 3.76. The lowest BCUT2D eigenvalue weighted by atomic mass is 9.78. The van der Waals surface area contributed by atoms with E-state index in [1.807, 2.05) is 12.1 Å². The summed E-state index contributed by atoms with van der Waals surface area (Å²) in [7, 11) is 3.27. The first-order valence-electron chi connectivity index (χ1n) is 7.74. The van der Waals surface area contributed by atoms with Gasteiger partial charge in [-0.15, -0.1) is 0 Å². The molecule has 0 aliphatic heterocycles. The molecule has 1 N–H and O–H groups in total. The molecule has 1 aliphatic carbocycles. The molecule has 0 bridgehead atoms. The SMILES string of the molecule is COc1cc(Cl)c(NC2CCCCC2C(C)C)cc1OC. The Kier molecular flexibility index (Phi) is 5.63. The van der Waals surface area contributed by atoms with Crippen LogP contribution in [0.25, 0.3) is 0 Å². The fourth-order valence-electron chi connectivity index (χ4n) is 3.30. The summed E-state index contributed by atoms with van der Waals surface area (Å²) in [6.45, 7) is 4.61. The van der Waals surface area contributed by atoms with Gasteiger partial charge < -0.3 is 14.8 Å². The molecule has 1 aromatic carbocycles. The number of anilines is 1. The molecule has 2 atom stereocenters. The van der Waals surface area contributed by atoms with Gasteiger partial charge in [0.2, 0.25) is 0 Å². The molecule has 0 spiro atoms. The van der Waals surface area contributed by atoms with Gasteiger partial charge in [0.05, 0.1) is 24.9 Å². The summed E-state index contributed by atoms with van der Waals surface area (Å²) >= 11 is 6.39. The second-order valence-electron chi connectivity index (χ2n) is 6.13. The Labute approximate surface area is 133 Å². The zero-order chi connectivity index (χ0) is 15.4. The van der Waals surface area contributed by atoms with Crippen LogP contribution in [0.2, 0.25) is 5.02 Å². The molecule has 2 unspecified atom stereocenters. The minimum absolute atomic E-state index is 0.481. The van der Waals surface area contributed by atoms with Crippen molar-refractivity contribution in [3.8, 4) is 11.5 Å². The molecule has 1 aliphatic rings. The number of nitrogens with one attached hydrogen (secondary N) is 1. The van der Waals surface area contributed by atoms with Crippen LogP contribution in [0.3, 0.4) is 0 Å². The van der Waals surface area contributed by atoms with Crippen molar-refractivity contribution in [3.63, 3.8) is 0 Å². The molecule has 21 heavy (non-hydrogen) atoms. The van der Waals surface area contributed by atoms with Crippen molar-refractivity contribution >= 4 is 17.3 Å². The van der Waals surface area contributed by atoms with Gasteiger partial charge in [0, 0.05) is 18.2 Å². The van der Waals surface area contributed by atoms with E-state index in [-0.39, 0.29) is 0 Å². The number of hydrogen-bond acceptors (Lipinski definition) is 3. The Morgan fingerprint density at radius 3 is 2.33 bits per heavy atom. The molecule has 3 nitrogen and oxygen atoms in total. The predicted molar refractivity (Wildman–Crippen MR) is 88.8 cm³/mol. The predicted octanol–water partition coefficient (Wildman–Crippen LogP) is 4.98. The lowest BCUT2D eigenvalue weighted by Gasteiger charge is -2.35. The van der Waals surface area contributed by atoms with Crippen LogP contribution in [0.5, 0.6) is 11.5 Å². The largest absolute Gasteiger partial charge is 0.493 e. The van der Waals surface area contributed by atoms with Gasteiger partial charge in [0.15, 0.2) is 11.5 Å². The molecule has 1 aromatic rings. The minimum Gasteiger partial charge on any atom is -0.493 e. The number of benzene rings is 1. The lowest BCUT2D eigenvalue weighted by Crippen LogP contribution is -2.35. The average molecular weight is 312 g/mol. The summed E-state index contributed by atoms with van der Waals surface area (Å²) < 4.78 is 10.7. The van der Waals surface area contributed by atoms with Crippen LogP contribution < -0.4 is 14.8 Å². The summed E-state index contributed by atoms with van der Waals surface area (Å²) in [5, 5.41) is 4.32. The molecule has 4 heteroatoms. The van der Waals surface area contributed by atoms with Crippen LogP contribution in [0.1, 0.15) is 39.5 Å². The van der Waals surface area contributed by atoms with Gasteiger partial charge in [-0.25, -0.2) is 0 Å². The minimum atomic E-state index is 0.481. The monoisotopic (exact) mass is 311 g/mol. The van der Waals surface area contributed by atoms with E-state index in [2.05, 4.69) is 19.2 Å². The number of hydrogen-bond donors (Lipinski definition) is 1. The zero-order valence-electron chi connectivity index (χ0n) is 13.4. The highest BCUT2D eigenvalue weighted by molar-refractivity contribution is 6.33. The van der Waals surface area contributed by atoms with Gasteiger partial charge in [0.1, 0.15) is 0 Å².